The maximum Gasteiger partial charge on any atom is 0.184 e. The van der Waals surface area contributed by atoms with Crippen LogP contribution in [0.3, 0.4) is 0 Å². The van der Waals surface area contributed by atoms with Gasteiger partial charge in [0.05, 0.1) is 7.11 Å². The molecule has 1 atom stereocenters. The number of nitrogens with one attached hydrogen (secondary N) is 1. The summed E-state index contributed by atoms with van der Waals surface area (Å²) in [6.45, 7) is 2.39. The van der Waals surface area contributed by atoms with Crippen molar-refractivity contribution in [3.63, 3.8) is 0 Å². The Balaban J connectivity index is 2.13. The van der Waals surface area contributed by atoms with Gasteiger partial charge in [0.25, 0.3) is 0 Å². The zero-order chi connectivity index (χ0) is 17.4. The summed E-state index contributed by atoms with van der Waals surface area (Å²) in [5.41, 5.74) is 1.31. The van der Waals surface area contributed by atoms with Crippen LogP contribution >= 0.6 is 0 Å². The minimum atomic E-state index is -0.518. The summed E-state index contributed by atoms with van der Waals surface area (Å²) >= 11 is 0. The van der Waals surface area contributed by atoms with E-state index in [-0.39, 0.29) is 0 Å². The van der Waals surface area contributed by atoms with Crippen molar-refractivity contribution in [3.05, 3.63) is 47.7 Å². The first-order valence-electron chi connectivity index (χ1n) is 7.54. The molecular formula is C18H18N4O2. The predicted molar refractivity (Wildman–Crippen MR) is 89.6 cm³/mol. The summed E-state index contributed by atoms with van der Waals surface area (Å²) in [5.74, 6) is 1.73. The van der Waals surface area contributed by atoms with E-state index in [1.54, 1.807) is 31.4 Å². The van der Waals surface area contributed by atoms with Crippen molar-refractivity contribution in [3.8, 4) is 23.6 Å². The van der Waals surface area contributed by atoms with Crippen LogP contribution < -0.4 is 14.8 Å². The number of hydrogen-bond acceptors (Lipinski definition) is 6. The Bertz CT molecular complexity index is 777. The zero-order valence-corrected chi connectivity index (χ0v) is 13.6. The van der Waals surface area contributed by atoms with E-state index in [9.17, 15) is 0 Å². The van der Waals surface area contributed by atoms with E-state index in [1.807, 2.05) is 25.1 Å². The van der Waals surface area contributed by atoms with Gasteiger partial charge in [-0.3, -0.25) is 0 Å². The number of methoxy groups -OCH3 is 1. The maximum atomic E-state index is 9.06. The van der Waals surface area contributed by atoms with Crippen molar-refractivity contribution in [1.29, 1.82) is 10.5 Å². The average molecular weight is 322 g/mol. The van der Waals surface area contributed by atoms with Gasteiger partial charge >= 0.3 is 0 Å². The average Bonchev–Trinajstić information content (AvgIpc) is 2.64. The summed E-state index contributed by atoms with van der Waals surface area (Å²) < 4.78 is 11.0. The minimum absolute atomic E-state index is 0.360. The quantitative estimate of drug-likeness (QED) is 0.841. The van der Waals surface area contributed by atoms with Crippen LogP contribution in [0.4, 0.5) is 5.82 Å². The molecule has 6 nitrogen and oxygen atoms in total. The van der Waals surface area contributed by atoms with E-state index in [4.69, 9.17) is 20.0 Å². The monoisotopic (exact) mass is 322 g/mol. The molecule has 1 heterocycles. The highest BCUT2D eigenvalue weighted by molar-refractivity contribution is 5.45. The number of nitriles is 2. The van der Waals surface area contributed by atoms with Gasteiger partial charge in [-0.15, -0.1) is 0 Å². The topological polar surface area (TPSA) is 91.0 Å². The first-order chi connectivity index (χ1) is 11.7. The molecule has 0 bridgehead atoms. The van der Waals surface area contributed by atoms with E-state index >= 15 is 0 Å². The van der Waals surface area contributed by atoms with E-state index in [0.717, 1.165) is 5.56 Å². The highest BCUT2D eigenvalue weighted by Crippen LogP contribution is 2.29. The van der Waals surface area contributed by atoms with E-state index in [2.05, 4.69) is 16.4 Å². The first-order valence-corrected chi connectivity index (χ1v) is 7.54. The Morgan fingerprint density at radius 1 is 1.21 bits per heavy atom. The third kappa shape index (κ3) is 4.37. The van der Waals surface area contributed by atoms with Gasteiger partial charge in [0, 0.05) is 6.54 Å². The van der Waals surface area contributed by atoms with Crippen molar-refractivity contribution in [1.82, 2.24) is 4.98 Å². The van der Waals surface area contributed by atoms with E-state index in [0.29, 0.717) is 36.0 Å². The molecule has 122 valence electrons. The van der Waals surface area contributed by atoms with Crippen LogP contribution in [0.5, 0.6) is 11.5 Å². The van der Waals surface area contributed by atoms with E-state index < -0.39 is 6.10 Å². The summed E-state index contributed by atoms with van der Waals surface area (Å²) in [4.78, 5) is 4.17. The number of aromatic nitrogens is 1. The van der Waals surface area contributed by atoms with Crippen LogP contribution in [0.1, 0.15) is 24.6 Å². The SMILES string of the molecule is CCC(C#N)Oc1cc(CNc2cccc(C#N)n2)ccc1OC. The van der Waals surface area contributed by atoms with Crippen LogP contribution in [-0.4, -0.2) is 18.2 Å². The highest BCUT2D eigenvalue weighted by Gasteiger charge is 2.12. The number of pyridine rings is 1. The second-order valence-corrected chi connectivity index (χ2v) is 5.00. The normalized spacial score (nSPS) is 11.0. The van der Waals surface area contributed by atoms with Crippen LogP contribution in [0.25, 0.3) is 0 Å². The molecule has 0 aliphatic heterocycles. The summed E-state index contributed by atoms with van der Waals surface area (Å²) in [7, 11) is 1.56. The zero-order valence-electron chi connectivity index (χ0n) is 13.6. The molecule has 1 unspecified atom stereocenters. The fourth-order valence-electron chi connectivity index (χ4n) is 2.07. The number of hydrogen-bond donors (Lipinski definition) is 1. The standard InChI is InChI=1S/C18H18N4O2/c1-3-15(11-20)24-17-9-13(7-8-16(17)23-2)12-21-18-6-4-5-14(10-19)22-18/h4-9,15H,3,12H2,1-2H3,(H,21,22). The van der Waals surface area contributed by atoms with Crippen LogP contribution in [0.2, 0.25) is 0 Å². The molecule has 0 spiro atoms. The van der Waals surface area contributed by atoms with Gasteiger partial charge in [-0.1, -0.05) is 19.1 Å². The Kier molecular flexibility index (Phi) is 5.99. The molecule has 0 amide bonds. The number of benzene rings is 1. The predicted octanol–water partition coefficient (Wildman–Crippen LogP) is 3.25. The Morgan fingerprint density at radius 2 is 2.04 bits per heavy atom. The van der Waals surface area contributed by atoms with Crippen LogP contribution in [0, 0.1) is 22.7 Å². The van der Waals surface area contributed by atoms with Crippen molar-refractivity contribution < 1.29 is 9.47 Å². The second-order valence-electron chi connectivity index (χ2n) is 5.00. The Hall–Kier alpha value is -3.25. The van der Waals surface area contributed by atoms with Gasteiger partial charge in [0.1, 0.15) is 23.7 Å². The number of nitrogens with zero attached hydrogens (tertiary/aromatic N) is 3. The van der Waals surface area contributed by atoms with Crippen molar-refractivity contribution in [2.75, 3.05) is 12.4 Å². The van der Waals surface area contributed by atoms with Crippen LogP contribution in [-0.2, 0) is 6.54 Å². The van der Waals surface area contributed by atoms with E-state index in [1.165, 1.54) is 0 Å². The third-order valence-corrected chi connectivity index (χ3v) is 3.35. The van der Waals surface area contributed by atoms with Gasteiger partial charge in [-0.2, -0.15) is 10.5 Å². The number of anilines is 1. The summed E-state index contributed by atoms with van der Waals surface area (Å²) in [6, 6.07) is 14.9. The molecule has 2 rings (SSSR count). The fourth-order valence-corrected chi connectivity index (χ4v) is 2.07. The number of rotatable bonds is 7. The lowest BCUT2D eigenvalue weighted by Crippen LogP contribution is -2.13. The smallest absolute Gasteiger partial charge is 0.184 e. The molecule has 1 N–H and O–H groups in total. The fraction of sp³-hybridized carbons (Fsp3) is 0.278. The van der Waals surface area contributed by atoms with Crippen LogP contribution in [0.15, 0.2) is 36.4 Å². The van der Waals surface area contributed by atoms with Gasteiger partial charge < -0.3 is 14.8 Å². The Morgan fingerprint density at radius 3 is 2.71 bits per heavy atom. The minimum Gasteiger partial charge on any atom is -0.493 e. The van der Waals surface area contributed by atoms with Crippen molar-refractivity contribution in [2.45, 2.75) is 26.0 Å². The largest absolute Gasteiger partial charge is 0.493 e. The number of ether oxygens (including phenoxy) is 2. The molecule has 0 saturated heterocycles. The lowest BCUT2D eigenvalue weighted by molar-refractivity contribution is 0.238. The van der Waals surface area contributed by atoms with Gasteiger partial charge in [-0.05, 0) is 36.2 Å². The third-order valence-electron chi connectivity index (χ3n) is 3.35. The molecule has 0 aliphatic carbocycles. The first kappa shape index (κ1) is 17.1. The lowest BCUT2D eigenvalue weighted by atomic mass is 10.2. The molecule has 0 fully saturated rings. The molecule has 0 radical (unpaired) electrons. The van der Waals surface area contributed by atoms with Gasteiger partial charge in [-0.25, -0.2) is 4.98 Å². The molecule has 6 heteroatoms. The summed E-state index contributed by atoms with van der Waals surface area (Å²) in [5, 5.41) is 21.1. The Labute approximate surface area is 141 Å². The second kappa shape index (κ2) is 8.40. The van der Waals surface area contributed by atoms with Gasteiger partial charge in [0.2, 0.25) is 0 Å². The van der Waals surface area contributed by atoms with Crippen molar-refractivity contribution in [2.24, 2.45) is 0 Å². The lowest BCUT2D eigenvalue weighted by Gasteiger charge is -2.15. The molecule has 24 heavy (non-hydrogen) atoms. The molecule has 1 aromatic carbocycles. The molecule has 2 aromatic rings. The summed E-state index contributed by atoms with van der Waals surface area (Å²) in [6.07, 6.45) is 0.0728. The molecule has 0 saturated carbocycles. The molecular weight excluding hydrogens is 304 g/mol. The molecule has 1 aromatic heterocycles. The maximum absolute atomic E-state index is 9.06. The molecule has 0 aliphatic rings. The highest BCUT2D eigenvalue weighted by atomic mass is 16.5. The van der Waals surface area contributed by atoms with Crippen molar-refractivity contribution >= 4 is 5.82 Å². The van der Waals surface area contributed by atoms with Gasteiger partial charge in [0.15, 0.2) is 17.6 Å².